The minimum Gasteiger partial charge on any atom is -0.337 e. The van der Waals surface area contributed by atoms with E-state index in [9.17, 15) is 9.18 Å². The van der Waals surface area contributed by atoms with E-state index in [0.29, 0.717) is 23.9 Å². The van der Waals surface area contributed by atoms with Crippen molar-refractivity contribution in [2.75, 3.05) is 6.54 Å². The number of nitrogens with zero attached hydrogens (tertiary/aromatic N) is 5. The van der Waals surface area contributed by atoms with Gasteiger partial charge < -0.3 is 4.90 Å². The Morgan fingerprint density at radius 1 is 1.19 bits per heavy atom. The summed E-state index contributed by atoms with van der Waals surface area (Å²) in [6.45, 7) is 3.17. The van der Waals surface area contributed by atoms with Gasteiger partial charge in [-0.25, -0.2) is 4.39 Å². The van der Waals surface area contributed by atoms with E-state index in [1.807, 2.05) is 24.0 Å². The first kappa shape index (κ1) is 17.7. The summed E-state index contributed by atoms with van der Waals surface area (Å²) >= 11 is 1.27. The van der Waals surface area contributed by atoms with Gasteiger partial charge in [0.2, 0.25) is 11.1 Å². The number of fused-ring (bicyclic) bond motifs is 1. The summed E-state index contributed by atoms with van der Waals surface area (Å²) in [5, 5.41) is 11.7. The third-order valence-corrected chi connectivity index (χ3v) is 5.59. The Bertz CT molecular complexity index is 976. The van der Waals surface area contributed by atoms with Gasteiger partial charge in [0.25, 0.3) is 0 Å². The maximum Gasteiger partial charge on any atom is 0.236 e. The van der Waals surface area contributed by atoms with Crippen LogP contribution < -0.4 is 0 Å². The SMILES string of the molecule is C[C@H](Sc1nnnn1-c1cccc(F)c1)C(=O)N1CCc2ccccc2C1. The molecule has 0 fully saturated rings. The van der Waals surface area contributed by atoms with E-state index in [0.717, 1.165) is 6.42 Å². The number of carbonyl (C=O) groups is 1. The molecule has 0 radical (unpaired) electrons. The Morgan fingerprint density at radius 2 is 2.00 bits per heavy atom. The quantitative estimate of drug-likeness (QED) is 0.648. The van der Waals surface area contributed by atoms with Crippen LogP contribution in [0.4, 0.5) is 4.39 Å². The Labute approximate surface area is 160 Å². The van der Waals surface area contributed by atoms with Gasteiger partial charge in [0.1, 0.15) is 5.82 Å². The number of hydrogen-bond donors (Lipinski definition) is 0. The highest BCUT2D eigenvalue weighted by Gasteiger charge is 2.26. The van der Waals surface area contributed by atoms with Crippen molar-refractivity contribution in [3.05, 3.63) is 65.5 Å². The Balaban J connectivity index is 1.48. The molecule has 0 N–H and O–H groups in total. The predicted octanol–water partition coefficient (Wildman–Crippen LogP) is 2.87. The first-order valence-electron chi connectivity index (χ1n) is 8.68. The molecule has 0 saturated heterocycles. The number of amides is 1. The zero-order valence-electron chi connectivity index (χ0n) is 14.7. The number of hydrogen-bond acceptors (Lipinski definition) is 5. The van der Waals surface area contributed by atoms with E-state index in [2.05, 4.69) is 27.7 Å². The summed E-state index contributed by atoms with van der Waals surface area (Å²) in [7, 11) is 0. The molecule has 1 aliphatic rings. The number of thioether (sulfide) groups is 1. The summed E-state index contributed by atoms with van der Waals surface area (Å²) in [6, 6.07) is 14.2. The topological polar surface area (TPSA) is 63.9 Å². The van der Waals surface area contributed by atoms with Gasteiger partial charge in [-0.15, -0.1) is 5.10 Å². The van der Waals surface area contributed by atoms with E-state index < -0.39 is 0 Å². The van der Waals surface area contributed by atoms with Gasteiger partial charge in [-0.3, -0.25) is 4.79 Å². The maximum atomic E-state index is 13.5. The van der Waals surface area contributed by atoms with Crippen molar-refractivity contribution >= 4 is 17.7 Å². The van der Waals surface area contributed by atoms with Crippen LogP contribution in [0.5, 0.6) is 0 Å². The molecule has 138 valence electrons. The number of aromatic nitrogens is 4. The first-order chi connectivity index (χ1) is 13.1. The third kappa shape index (κ3) is 3.71. The van der Waals surface area contributed by atoms with Gasteiger partial charge in [-0.2, -0.15) is 4.68 Å². The van der Waals surface area contributed by atoms with Gasteiger partial charge in [-0.05, 0) is 53.1 Å². The highest BCUT2D eigenvalue weighted by atomic mass is 32.2. The van der Waals surface area contributed by atoms with Crippen LogP contribution in [0.1, 0.15) is 18.1 Å². The van der Waals surface area contributed by atoms with Crippen LogP contribution in [0, 0.1) is 5.82 Å². The number of rotatable bonds is 4. The maximum absolute atomic E-state index is 13.5. The molecular formula is C19H18FN5OS. The monoisotopic (exact) mass is 383 g/mol. The number of tetrazole rings is 1. The second-order valence-electron chi connectivity index (χ2n) is 6.39. The van der Waals surface area contributed by atoms with Crippen LogP contribution in [-0.4, -0.2) is 42.8 Å². The number of halogens is 1. The molecule has 0 saturated carbocycles. The lowest BCUT2D eigenvalue weighted by Gasteiger charge is -2.30. The van der Waals surface area contributed by atoms with Gasteiger partial charge in [-0.1, -0.05) is 42.1 Å². The summed E-state index contributed by atoms with van der Waals surface area (Å²) in [4.78, 5) is 14.8. The average Bonchev–Trinajstić information content (AvgIpc) is 3.15. The van der Waals surface area contributed by atoms with Crippen molar-refractivity contribution in [3.8, 4) is 5.69 Å². The highest BCUT2D eigenvalue weighted by Crippen LogP contribution is 2.26. The van der Waals surface area contributed by atoms with Gasteiger partial charge in [0, 0.05) is 13.1 Å². The minimum absolute atomic E-state index is 0.0447. The van der Waals surface area contributed by atoms with Crippen LogP contribution in [-0.2, 0) is 17.8 Å². The molecule has 0 unspecified atom stereocenters. The average molecular weight is 383 g/mol. The van der Waals surface area contributed by atoms with Crippen molar-refractivity contribution in [3.63, 3.8) is 0 Å². The molecule has 0 aliphatic carbocycles. The Morgan fingerprint density at radius 3 is 2.81 bits per heavy atom. The molecule has 3 aromatic rings. The molecular weight excluding hydrogens is 365 g/mol. The molecule has 2 heterocycles. The molecule has 27 heavy (non-hydrogen) atoms. The van der Waals surface area contributed by atoms with Crippen LogP contribution in [0.15, 0.2) is 53.7 Å². The summed E-state index contributed by atoms with van der Waals surface area (Å²) < 4.78 is 14.9. The molecule has 1 atom stereocenters. The van der Waals surface area contributed by atoms with Crippen molar-refractivity contribution < 1.29 is 9.18 Å². The smallest absolute Gasteiger partial charge is 0.236 e. The van der Waals surface area contributed by atoms with Crippen LogP contribution in [0.2, 0.25) is 0 Å². The van der Waals surface area contributed by atoms with E-state index in [4.69, 9.17) is 0 Å². The van der Waals surface area contributed by atoms with E-state index in [-0.39, 0.29) is 17.0 Å². The largest absolute Gasteiger partial charge is 0.337 e. The lowest BCUT2D eigenvalue weighted by Crippen LogP contribution is -2.40. The standard InChI is InChI=1S/C19H18FN5OS/c1-13(18(26)24-10-9-14-5-2-3-6-15(14)12-24)27-19-21-22-23-25(19)17-8-4-7-16(20)11-17/h2-8,11,13H,9-10,12H2,1H3/t13-/m0/s1. The summed E-state index contributed by atoms with van der Waals surface area (Å²) in [5.41, 5.74) is 3.02. The third-order valence-electron chi connectivity index (χ3n) is 4.57. The fraction of sp³-hybridized carbons (Fsp3) is 0.263. The molecule has 1 aliphatic heterocycles. The summed E-state index contributed by atoms with van der Waals surface area (Å²) in [6.07, 6.45) is 0.861. The van der Waals surface area contributed by atoms with E-state index in [1.54, 1.807) is 12.1 Å². The zero-order chi connectivity index (χ0) is 18.8. The zero-order valence-corrected chi connectivity index (χ0v) is 15.6. The van der Waals surface area contributed by atoms with Gasteiger partial charge in [0.15, 0.2) is 0 Å². The molecule has 6 nitrogen and oxygen atoms in total. The van der Waals surface area contributed by atoms with E-state index >= 15 is 0 Å². The minimum atomic E-state index is -0.366. The Hall–Kier alpha value is -2.74. The number of carbonyl (C=O) groups excluding carboxylic acids is 1. The van der Waals surface area contributed by atoms with Gasteiger partial charge in [0.05, 0.1) is 10.9 Å². The number of benzene rings is 2. The lowest BCUT2D eigenvalue weighted by atomic mass is 10.00. The fourth-order valence-electron chi connectivity index (χ4n) is 3.17. The second-order valence-corrected chi connectivity index (χ2v) is 7.70. The van der Waals surface area contributed by atoms with Crippen LogP contribution >= 0.6 is 11.8 Å². The van der Waals surface area contributed by atoms with Crippen molar-refractivity contribution in [2.45, 2.75) is 30.3 Å². The fourth-order valence-corrected chi connectivity index (χ4v) is 4.06. The van der Waals surface area contributed by atoms with Crippen LogP contribution in [0.3, 0.4) is 0 Å². The highest BCUT2D eigenvalue weighted by molar-refractivity contribution is 8.00. The van der Waals surface area contributed by atoms with Gasteiger partial charge >= 0.3 is 0 Å². The lowest BCUT2D eigenvalue weighted by molar-refractivity contribution is -0.131. The second kappa shape index (κ2) is 7.48. The predicted molar refractivity (Wildman–Crippen MR) is 100.0 cm³/mol. The van der Waals surface area contributed by atoms with E-state index in [1.165, 1.54) is 39.7 Å². The van der Waals surface area contributed by atoms with Crippen LogP contribution in [0.25, 0.3) is 5.69 Å². The van der Waals surface area contributed by atoms with Crippen molar-refractivity contribution in [1.29, 1.82) is 0 Å². The van der Waals surface area contributed by atoms with Crippen molar-refractivity contribution in [1.82, 2.24) is 25.1 Å². The Kier molecular flexibility index (Phi) is 4.89. The van der Waals surface area contributed by atoms with Crippen molar-refractivity contribution in [2.24, 2.45) is 0 Å². The molecule has 8 heteroatoms. The molecule has 1 amide bonds. The molecule has 1 aromatic heterocycles. The molecule has 0 bridgehead atoms. The molecule has 0 spiro atoms. The summed E-state index contributed by atoms with van der Waals surface area (Å²) in [5.74, 6) is -0.321. The first-order valence-corrected chi connectivity index (χ1v) is 9.56. The molecule has 2 aromatic carbocycles. The molecule has 4 rings (SSSR count). The normalized spacial score (nSPS) is 14.7.